The van der Waals surface area contributed by atoms with Crippen LogP contribution in [0.2, 0.25) is 0 Å². The number of hydrogen-bond donors (Lipinski definition) is 1. The first kappa shape index (κ1) is 34.4. The summed E-state index contributed by atoms with van der Waals surface area (Å²) < 4.78 is 262. The van der Waals surface area contributed by atoms with E-state index in [-0.39, 0.29) is 30.3 Å². The predicted octanol–water partition coefficient (Wildman–Crippen LogP) is 7.58. The standard InChI is InChI=1S/C22H11F18O3P/c23-17(24,25)14(18(26,27)28)9-44(42-14,12-7-3-1-5-10(12)15(41,19(29,30)31)20(32,33)34)13-8-4-2-6-11(13)16(43-44,21(35,36)37)22(38,39)40/h1-8,41H,9H2. The van der Waals surface area contributed by atoms with E-state index >= 15 is 0 Å². The third kappa shape index (κ3) is 3.90. The van der Waals surface area contributed by atoms with Crippen molar-refractivity contribution in [2.45, 2.75) is 53.9 Å². The zero-order chi connectivity index (χ0) is 34.0. The zero-order valence-electron chi connectivity index (χ0n) is 20.3. The van der Waals surface area contributed by atoms with Crippen molar-refractivity contribution in [2.24, 2.45) is 0 Å². The fourth-order valence-corrected chi connectivity index (χ4v) is 11.7. The van der Waals surface area contributed by atoms with Crippen molar-refractivity contribution in [3.63, 3.8) is 0 Å². The van der Waals surface area contributed by atoms with Crippen molar-refractivity contribution >= 4 is 17.7 Å². The van der Waals surface area contributed by atoms with Crippen LogP contribution in [0.1, 0.15) is 11.1 Å². The second kappa shape index (κ2) is 8.85. The monoisotopic (exact) mass is 696 g/mol. The van der Waals surface area contributed by atoms with Crippen LogP contribution in [-0.4, -0.2) is 53.9 Å². The molecule has 2 heterocycles. The molecular formula is C22H11F18O3P. The van der Waals surface area contributed by atoms with Gasteiger partial charge in [0.25, 0.3) is 0 Å². The van der Waals surface area contributed by atoms with Crippen LogP contribution in [-0.2, 0) is 20.2 Å². The molecule has 3 nitrogen and oxygen atoms in total. The number of fused-ring (bicyclic) bond motifs is 2. The van der Waals surface area contributed by atoms with E-state index in [4.69, 9.17) is 0 Å². The first-order valence-corrected chi connectivity index (χ1v) is 13.4. The van der Waals surface area contributed by atoms with Crippen LogP contribution in [0.4, 0.5) is 79.0 Å². The summed E-state index contributed by atoms with van der Waals surface area (Å²) in [5.41, 5.74) is -23.1. The normalized spacial score (nSPS) is 22.6. The van der Waals surface area contributed by atoms with Gasteiger partial charge in [0.2, 0.25) is 0 Å². The quantitative estimate of drug-likeness (QED) is 0.260. The van der Waals surface area contributed by atoms with Gasteiger partial charge in [-0.3, -0.25) is 0 Å². The van der Waals surface area contributed by atoms with E-state index in [0.29, 0.717) is 12.1 Å². The molecule has 2 aliphatic rings. The Morgan fingerprint density at radius 3 is 1.32 bits per heavy atom. The molecule has 22 heteroatoms. The van der Waals surface area contributed by atoms with E-state index in [1.165, 1.54) is 0 Å². The second-order valence-corrected chi connectivity index (χ2v) is 13.6. The van der Waals surface area contributed by atoms with Crippen molar-refractivity contribution in [1.29, 1.82) is 0 Å². The molecule has 0 bridgehead atoms. The fraction of sp³-hybridized carbons (Fsp3) is 0.455. The van der Waals surface area contributed by atoms with Crippen LogP contribution >= 0.6 is 7.06 Å². The first-order chi connectivity index (χ1) is 19.4. The van der Waals surface area contributed by atoms with Crippen LogP contribution in [0, 0.1) is 0 Å². The van der Waals surface area contributed by atoms with Gasteiger partial charge in [-0.2, -0.15) is 0 Å². The van der Waals surface area contributed by atoms with E-state index in [9.17, 15) is 84.1 Å². The molecule has 2 aromatic rings. The Bertz CT molecular complexity index is 1410. The van der Waals surface area contributed by atoms with Gasteiger partial charge in [0, 0.05) is 0 Å². The maximum atomic E-state index is 14.4. The Balaban J connectivity index is 2.31. The first-order valence-electron chi connectivity index (χ1n) is 11.2. The minimum absolute atomic E-state index is 0.0000650. The maximum absolute atomic E-state index is 14.4. The van der Waals surface area contributed by atoms with E-state index in [1.54, 1.807) is 0 Å². The SMILES string of the molecule is OC(c1ccccc1P12(CC(C(F)(F)F)(C(F)(F)F)O1)OC(C(F)(F)F)(C(F)(F)F)c1ccccc12)(C(F)(F)F)C(F)(F)F. The Kier molecular flexibility index (Phi) is 6.91. The third-order valence-electron chi connectivity index (χ3n) is 7.28. The topological polar surface area (TPSA) is 38.7 Å². The molecule has 1 fully saturated rings. The summed E-state index contributed by atoms with van der Waals surface area (Å²) in [5, 5.41) is 5.70. The Hall–Kier alpha value is -2.51. The summed E-state index contributed by atoms with van der Waals surface area (Å²) in [5.74, 6) is 0. The summed E-state index contributed by atoms with van der Waals surface area (Å²) in [6.07, 6.45) is -44.6. The Morgan fingerprint density at radius 1 is 0.545 bits per heavy atom. The van der Waals surface area contributed by atoms with E-state index in [2.05, 4.69) is 9.05 Å². The van der Waals surface area contributed by atoms with Crippen LogP contribution in [0.5, 0.6) is 0 Å². The van der Waals surface area contributed by atoms with Crippen LogP contribution in [0.25, 0.3) is 0 Å². The van der Waals surface area contributed by atoms with E-state index < -0.39 is 94.9 Å². The van der Waals surface area contributed by atoms with Gasteiger partial charge in [-0.25, -0.2) is 0 Å². The van der Waals surface area contributed by atoms with Crippen molar-refractivity contribution < 1.29 is 93.2 Å². The van der Waals surface area contributed by atoms with Gasteiger partial charge in [-0.15, -0.1) is 0 Å². The minimum atomic E-state index is -7.83. The second-order valence-electron chi connectivity index (χ2n) is 9.71. The molecule has 0 aromatic heterocycles. The number of rotatable bonds is 2. The Labute approximate surface area is 231 Å². The molecule has 248 valence electrons. The number of aliphatic hydroxyl groups is 1. The van der Waals surface area contributed by atoms with Crippen molar-refractivity contribution in [2.75, 3.05) is 6.16 Å². The molecule has 4 rings (SSSR count). The molecule has 2 aromatic carbocycles. The van der Waals surface area contributed by atoms with Crippen LogP contribution < -0.4 is 10.6 Å². The molecule has 0 aliphatic carbocycles. The number of alkyl halides is 18. The van der Waals surface area contributed by atoms with Crippen LogP contribution in [0.15, 0.2) is 48.5 Å². The third-order valence-corrected chi connectivity index (χ3v) is 12.4. The fourth-order valence-electron chi connectivity index (χ4n) is 5.43. The van der Waals surface area contributed by atoms with Crippen molar-refractivity contribution in [1.82, 2.24) is 0 Å². The van der Waals surface area contributed by atoms with E-state index in [0.717, 1.165) is 0 Å². The zero-order valence-corrected chi connectivity index (χ0v) is 21.2. The van der Waals surface area contributed by atoms with Crippen LogP contribution in [0.3, 0.4) is 0 Å². The predicted molar refractivity (Wildman–Crippen MR) is 111 cm³/mol. The Morgan fingerprint density at radius 2 is 0.932 bits per heavy atom. The average molecular weight is 696 g/mol. The summed E-state index contributed by atoms with van der Waals surface area (Å²) in [6, 6.07) is 0.463. The molecule has 0 atom stereocenters. The summed E-state index contributed by atoms with van der Waals surface area (Å²) >= 11 is 0. The van der Waals surface area contributed by atoms with E-state index in [1.807, 2.05) is 0 Å². The van der Waals surface area contributed by atoms with Gasteiger partial charge < -0.3 is 0 Å². The van der Waals surface area contributed by atoms with Gasteiger partial charge in [0.05, 0.1) is 0 Å². The summed E-state index contributed by atoms with van der Waals surface area (Å²) in [4.78, 5) is 0. The molecule has 1 spiro atoms. The number of hydrogen-bond acceptors (Lipinski definition) is 3. The molecule has 1 saturated heterocycles. The average Bonchev–Trinajstić information content (AvgIpc) is 3.10. The van der Waals surface area contributed by atoms with Gasteiger partial charge in [-0.05, 0) is 0 Å². The van der Waals surface area contributed by atoms with Gasteiger partial charge in [0.1, 0.15) is 0 Å². The van der Waals surface area contributed by atoms with Crippen molar-refractivity contribution in [3.8, 4) is 0 Å². The number of benzene rings is 2. The molecular weight excluding hydrogens is 685 g/mol. The summed E-state index contributed by atoms with van der Waals surface area (Å²) in [6.45, 7) is 0. The van der Waals surface area contributed by atoms with Gasteiger partial charge >= 0.3 is 231 Å². The molecule has 0 unspecified atom stereocenters. The number of halogens is 18. The molecule has 1 N–H and O–H groups in total. The molecule has 0 radical (unpaired) electrons. The summed E-state index contributed by atoms with van der Waals surface area (Å²) in [7, 11) is -7.83. The van der Waals surface area contributed by atoms with Gasteiger partial charge in [-0.1, -0.05) is 0 Å². The molecule has 2 aliphatic heterocycles. The molecule has 0 saturated carbocycles. The molecule has 44 heavy (non-hydrogen) atoms. The molecule has 0 amide bonds. The van der Waals surface area contributed by atoms with Gasteiger partial charge in [0.15, 0.2) is 0 Å². The van der Waals surface area contributed by atoms with Crippen molar-refractivity contribution in [3.05, 3.63) is 59.7 Å².